The number of ether oxygens (including phenoxy) is 1. The summed E-state index contributed by atoms with van der Waals surface area (Å²) in [6.45, 7) is 1.99. The number of nitrogens with one attached hydrogen (secondary N) is 2. The molecule has 0 saturated heterocycles. The number of benzene rings is 1. The number of anilines is 1. The standard InChI is InChI=1S/C13H13ClN2O2S/c1-6-3-9-12(13(17)15-6)19-11-5-10(18-2)7(14)4-8(11)16-9/h4-6,16H,3H2,1-2H3,(H,15,17). The molecule has 0 saturated carbocycles. The van der Waals surface area contributed by atoms with Crippen LogP contribution in [0.15, 0.2) is 27.6 Å². The highest BCUT2D eigenvalue weighted by atomic mass is 35.5. The van der Waals surface area contributed by atoms with E-state index in [0.29, 0.717) is 10.8 Å². The lowest BCUT2D eigenvalue weighted by Gasteiger charge is -2.30. The fraction of sp³-hybridized carbons (Fsp3) is 0.308. The second-order valence-corrected chi connectivity index (χ2v) is 6.06. The number of amides is 1. The molecule has 0 aliphatic carbocycles. The largest absolute Gasteiger partial charge is 0.495 e. The van der Waals surface area contributed by atoms with Crippen molar-refractivity contribution in [1.29, 1.82) is 0 Å². The Hall–Kier alpha value is -1.33. The molecule has 1 aromatic carbocycles. The molecule has 100 valence electrons. The maximum absolute atomic E-state index is 12.0. The first kappa shape index (κ1) is 12.7. The molecule has 4 nitrogen and oxygen atoms in total. The van der Waals surface area contributed by atoms with Gasteiger partial charge in [0.25, 0.3) is 5.91 Å². The van der Waals surface area contributed by atoms with Crippen molar-refractivity contribution in [3.05, 3.63) is 27.8 Å². The zero-order chi connectivity index (χ0) is 13.6. The van der Waals surface area contributed by atoms with Gasteiger partial charge in [-0.15, -0.1) is 0 Å². The van der Waals surface area contributed by atoms with E-state index in [-0.39, 0.29) is 11.9 Å². The Morgan fingerprint density at radius 2 is 2.26 bits per heavy atom. The van der Waals surface area contributed by atoms with Crippen LogP contribution in [-0.2, 0) is 4.79 Å². The summed E-state index contributed by atoms with van der Waals surface area (Å²) in [6, 6.07) is 3.84. The lowest BCUT2D eigenvalue weighted by atomic mass is 10.1. The first-order chi connectivity index (χ1) is 9.08. The van der Waals surface area contributed by atoms with E-state index in [4.69, 9.17) is 16.3 Å². The minimum Gasteiger partial charge on any atom is -0.495 e. The Bertz CT molecular complexity index is 601. The van der Waals surface area contributed by atoms with Crippen LogP contribution in [0, 0.1) is 0 Å². The molecule has 2 heterocycles. The molecule has 0 fully saturated rings. The summed E-state index contributed by atoms with van der Waals surface area (Å²) in [5.74, 6) is 0.592. The van der Waals surface area contributed by atoms with Gasteiger partial charge in [-0.2, -0.15) is 0 Å². The minimum atomic E-state index is -0.0224. The molecule has 0 radical (unpaired) electrons. The summed E-state index contributed by atoms with van der Waals surface area (Å²) >= 11 is 7.58. The third-order valence-electron chi connectivity index (χ3n) is 3.12. The predicted molar refractivity (Wildman–Crippen MR) is 76.7 cm³/mol. The Labute approximate surface area is 120 Å². The van der Waals surface area contributed by atoms with Gasteiger partial charge in [0.05, 0.1) is 22.7 Å². The molecule has 1 amide bonds. The van der Waals surface area contributed by atoms with Gasteiger partial charge in [0.15, 0.2) is 0 Å². The molecular weight excluding hydrogens is 284 g/mol. The number of thioether (sulfide) groups is 1. The average Bonchev–Trinajstić information content (AvgIpc) is 2.36. The molecule has 0 bridgehead atoms. The fourth-order valence-corrected chi connectivity index (χ4v) is 3.49. The molecular formula is C13H13ClN2O2S. The normalized spacial score (nSPS) is 21.2. The zero-order valence-corrected chi connectivity index (χ0v) is 12.1. The van der Waals surface area contributed by atoms with Gasteiger partial charge in [-0.3, -0.25) is 4.79 Å². The minimum absolute atomic E-state index is 0.0224. The third kappa shape index (κ3) is 2.17. The van der Waals surface area contributed by atoms with Gasteiger partial charge >= 0.3 is 0 Å². The molecule has 2 N–H and O–H groups in total. The summed E-state index contributed by atoms with van der Waals surface area (Å²) in [4.78, 5) is 13.7. The molecule has 0 spiro atoms. The van der Waals surface area contributed by atoms with Crippen LogP contribution in [0.5, 0.6) is 5.75 Å². The second-order valence-electron chi connectivity index (χ2n) is 4.60. The molecule has 19 heavy (non-hydrogen) atoms. The van der Waals surface area contributed by atoms with Crippen molar-refractivity contribution in [2.75, 3.05) is 12.4 Å². The lowest BCUT2D eigenvalue weighted by Crippen LogP contribution is -2.39. The third-order valence-corrected chi connectivity index (χ3v) is 4.61. The highest BCUT2D eigenvalue weighted by molar-refractivity contribution is 8.04. The number of fused-ring (bicyclic) bond motifs is 1. The van der Waals surface area contributed by atoms with Crippen LogP contribution >= 0.6 is 23.4 Å². The Balaban J connectivity index is 2.01. The van der Waals surface area contributed by atoms with E-state index >= 15 is 0 Å². The maximum Gasteiger partial charge on any atom is 0.260 e. The maximum atomic E-state index is 12.0. The van der Waals surface area contributed by atoms with Crippen molar-refractivity contribution in [3.8, 4) is 5.75 Å². The van der Waals surface area contributed by atoms with Crippen molar-refractivity contribution < 1.29 is 9.53 Å². The van der Waals surface area contributed by atoms with Crippen LogP contribution in [0.4, 0.5) is 5.69 Å². The van der Waals surface area contributed by atoms with E-state index in [1.165, 1.54) is 11.8 Å². The van der Waals surface area contributed by atoms with Gasteiger partial charge in [0.1, 0.15) is 5.75 Å². The van der Waals surface area contributed by atoms with Crippen LogP contribution in [0.1, 0.15) is 13.3 Å². The predicted octanol–water partition coefficient (Wildman–Crippen LogP) is 2.99. The monoisotopic (exact) mass is 296 g/mol. The number of halogens is 1. The van der Waals surface area contributed by atoms with Gasteiger partial charge in [-0.25, -0.2) is 0 Å². The molecule has 1 unspecified atom stereocenters. The van der Waals surface area contributed by atoms with Crippen molar-refractivity contribution in [2.45, 2.75) is 24.3 Å². The molecule has 0 aromatic heterocycles. The smallest absolute Gasteiger partial charge is 0.260 e. The Morgan fingerprint density at radius 1 is 1.47 bits per heavy atom. The summed E-state index contributed by atoms with van der Waals surface area (Å²) in [7, 11) is 1.58. The Morgan fingerprint density at radius 3 is 3.00 bits per heavy atom. The zero-order valence-electron chi connectivity index (χ0n) is 10.5. The highest BCUT2D eigenvalue weighted by Gasteiger charge is 2.30. The SMILES string of the molecule is COc1cc2c(cc1Cl)NC1=C(S2)C(=O)NC(C)C1. The highest BCUT2D eigenvalue weighted by Crippen LogP contribution is 2.45. The Kier molecular flexibility index (Phi) is 3.11. The van der Waals surface area contributed by atoms with Crippen LogP contribution in [0.2, 0.25) is 5.02 Å². The number of hydrogen-bond donors (Lipinski definition) is 2. The number of methoxy groups -OCH3 is 1. The van der Waals surface area contributed by atoms with E-state index in [0.717, 1.165) is 27.6 Å². The quantitative estimate of drug-likeness (QED) is 0.836. The molecule has 1 atom stereocenters. The topological polar surface area (TPSA) is 50.4 Å². The van der Waals surface area contributed by atoms with Gasteiger partial charge in [-0.05, 0) is 19.1 Å². The molecule has 2 aliphatic heterocycles. The summed E-state index contributed by atoms with van der Waals surface area (Å²) < 4.78 is 5.20. The van der Waals surface area contributed by atoms with Gasteiger partial charge in [0.2, 0.25) is 0 Å². The van der Waals surface area contributed by atoms with Crippen LogP contribution in [-0.4, -0.2) is 19.1 Å². The van der Waals surface area contributed by atoms with E-state index in [1.807, 2.05) is 19.1 Å². The van der Waals surface area contributed by atoms with E-state index in [1.54, 1.807) is 7.11 Å². The van der Waals surface area contributed by atoms with Crippen molar-refractivity contribution in [3.63, 3.8) is 0 Å². The van der Waals surface area contributed by atoms with Crippen LogP contribution in [0.25, 0.3) is 0 Å². The van der Waals surface area contributed by atoms with Crippen molar-refractivity contribution in [2.24, 2.45) is 0 Å². The number of carbonyl (C=O) groups excluding carboxylic acids is 1. The second kappa shape index (κ2) is 4.65. The number of carbonyl (C=O) groups is 1. The lowest BCUT2D eigenvalue weighted by molar-refractivity contribution is -0.117. The summed E-state index contributed by atoms with van der Waals surface area (Å²) in [5, 5.41) is 6.81. The fourth-order valence-electron chi connectivity index (χ4n) is 2.24. The van der Waals surface area contributed by atoms with Crippen molar-refractivity contribution >= 4 is 35.0 Å². The van der Waals surface area contributed by atoms with E-state index in [9.17, 15) is 4.79 Å². The van der Waals surface area contributed by atoms with Gasteiger partial charge in [-0.1, -0.05) is 23.4 Å². The van der Waals surface area contributed by atoms with Gasteiger partial charge in [0, 0.05) is 23.1 Å². The molecule has 6 heteroatoms. The summed E-state index contributed by atoms with van der Waals surface area (Å²) in [6.07, 6.45) is 0.803. The van der Waals surface area contributed by atoms with E-state index in [2.05, 4.69) is 10.6 Å². The molecule has 1 aromatic rings. The first-order valence-corrected chi connectivity index (χ1v) is 7.14. The summed E-state index contributed by atoms with van der Waals surface area (Å²) in [5.41, 5.74) is 1.89. The van der Waals surface area contributed by atoms with Crippen LogP contribution < -0.4 is 15.4 Å². The first-order valence-electron chi connectivity index (χ1n) is 5.95. The molecule has 2 aliphatic rings. The van der Waals surface area contributed by atoms with Crippen molar-refractivity contribution in [1.82, 2.24) is 5.32 Å². The van der Waals surface area contributed by atoms with Crippen LogP contribution in [0.3, 0.4) is 0 Å². The average molecular weight is 297 g/mol. The number of hydrogen-bond acceptors (Lipinski definition) is 4. The molecule has 3 rings (SSSR count). The van der Waals surface area contributed by atoms with Gasteiger partial charge < -0.3 is 15.4 Å². The number of rotatable bonds is 1. The van der Waals surface area contributed by atoms with E-state index < -0.39 is 0 Å².